The smallest absolute Gasteiger partial charge is 0.220 e. The predicted octanol–water partition coefficient (Wildman–Crippen LogP) is 3.99. The van der Waals surface area contributed by atoms with E-state index in [-0.39, 0.29) is 11.7 Å². The van der Waals surface area contributed by atoms with Gasteiger partial charge in [-0.1, -0.05) is 6.42 Å². The maximum atomic E-state index is 12.1. The summed E-state index contributed by atoms with van der Waals surface area (Å²) in [6, 6.07) is 7.42. The zero-order valence-corrected chi connectivity index (χ0v) is 15.3. The van der Waals surface area contributed by atoms with E-state index in [1.54, 1.807) is 31.2 Å². The minimum absolute atomic E-state index is 0.0489. The van der Waals surface area contributed by atoms with Crippen molar-refractivity contribution in [1.29, 1.82) is 0 Å². The standard InChI is InChI=1S/C21H29NO3/c1-14(20-13-16-5-6-18(20)12-16)22-21(24)4-3-11-25-19-9-7-17(8-10-19)15(2)23/h7-10,14,16,18,20H,3-6,11-13H2,1-2H3,(H,22,24)/t14-,16-,18-,20-/m0/s1. The lowest BCUT2D eigenvalue weighted by atomic mass is 9.84. The zero-order chi connectivity index (χ0) is 17.8. The topological polar surface area (TPSA) is 55.4 Å². The van der Waals surface area contributed by atoms with Crippen LogP contribution in [0.25, 0.3) is 0 Å². The molecule has 4 nitrogen and oxygen atoms in total. The molecule has 2 aliphatic carbocycles. The fourth-order valence-corrected chi connectivity index (χ4v) is 4.55. The summed E-state index contributed by atoms with van der Waals surface area (Å²) in [7, 11) is 0. The Bertz CT molecular complexity index is 610. The summed E-state index contributed by atoms with van der Waals surface area (Å²) in [6.07, 6.45) is 6.62. The number of nitrogens with one attached hydrogen (secondary N) is 1. The van der Waals surface area contributed by atoms with Crippen molar-refractivity contribution in [3.05, 3.63) is 29.8 Å². The molecule has 2 aliphatic rings. The number of ether oxygens (including phenoxy) is 1. The van der Waals surface area contributed by atoms with Gasteiger partial charge in [0.25, 0.3) is 0 Å². The van der Waals surface area contributed by atoms with Gasteiger partial charge in [-0.3, -0.25) is 9.59 Å². The van der Waals surface area contributed by atoms with Crippen molar-refractivity contribution in [2.75, 3.05) is 6.61 Å². The molecule has 4 heteroatoms. The minimum atomic E-state index is 0.0489. The Morgan fingerprint density at radius 2 is 1.96 bits per heavy atom. The van der Waals surface area contributed by atoms with E-state index in [4.69, 9.17) is 4.74 Å². The first-order chi connectivity index (χ1) is 12.0. The average Bonchev–Trinajstić information content (AvgIpc) is 3.22. The molecule has 0 saturated heterocycles. The second kappa shape index (κ2) is 8.03. The molecule has 0 spiro atoms. The Labute approximate surface area is 150 Å². The summed E-state index contributed by atoms with van der Waals surface area (Å²) in [4.78, 5) is 23.4. The monoisotopic (exact) mass is 343 g/mol. The average molecular weight is 343 g/mol. The maximum Gasteiger partial charge on any atom is 0.220 e. The highest BCUT2D eigenvalue weighted by Crippen LogP contribution is 2.49. The van der Waals surface area contributed by atoms with E-state index in [0.29, 0.717) is 37.0 Å². The molecule has 1 N–H and O–H groups in total. The number of rotatable bonds is 8. The van der Waals surface area contributed by atoms with Gasteiger partial charge in [-0.15, -0.1) is 0 Å². The van der Waals surface area contributed by atoms with Gasteiger partial charge in [-0.2, -0.15) is 0 Å². The van der Waals surface area contributed by atoms with Crippen molar-refractivity contribution < 1.29 is 14.3 Å². The van der Waals surface area contributed by atoms with Crippen molar-refractivity contribution in [3.8, 4) is 5.75 Å². The molecule has 2 bridgehead atoms. The van der Waals surface area contributed by atoms with Crippen LogP contribution >= 0.6 is 0 Å². The Hall–Kier alpha value is -1.84. The fourth-order valence-electron chi connectivity index (χ4n) is 4.55. The number of carbonyl (C=O) groups is 2. The third-order valence-corrected chi connectivity index (χ3v) is 5.90. The molecule has 1 aromatic rings. The van der Waals surface area contributed by atoms with E-state index >= 15 is 0 Å². The molecule has 136 valence electrons. The van der Waals surface area contributed by atoms with Gasteiger partial charge in [-0.25, -0.2) is 0 Å². The van der Waals surface area contributed by atoms with Gasteiger partial charge in [0.2, 0.25) is 5.91 Å². The number of carbonyl (C=O) groups excluding carboxylic acids is 2. The number of hydrogen-bond donors (Lipinski definition) is 1. The van der Waals surface area contributed by atoms with Gasteiger partial charge in [0.15, 0.2) is 5.78 Å². The molecule has 0 heterocycles. The van der Waals surface area contributed by atoms with E-state index in [2.05, 4.69) is 12.2 Å². The highest BCUT2D eigenvalue weighted by atomic mass is 16.5. The number of ketones is 1. The van der Waals surface area contributed by atoms with Crippen LogP contribution in [0.15, 0.2) is 24.3 Å². The number of hydrogen-bond acceptors (Lipinski definition) is 3. The molecule has 25 heavy (non-hydrogen) atoms. The number of benzene rings is 1. The summed E-state index contributed by atoms with van der Waals surface area (Å²) in [5.74, 6) is 3.34. The van der Waals surface area contributed by atoms with Gasteiger partial charge >= 0.3 is 0 Å². The van der Waals surface area contributed by atoms with Crippen LogP contribution in [0.1, 0.15) is 62.7 Å². The van der Waals surface area contributed by atoms with Gasteiger partial charge in [0, 0.05) is 18.0 Å². The predicted molar refractivity (Wildman–Crippen MR) is 97.7 cm³/mol. The summed E-state index contributed by atoms with van der Waals surface area (Å²) in [5.41, 5.74) is 0.682. The highest BCUT2D eigenvalue weighted by Gasteiger charge is 2.41. The SMILES string of the molecule is CC(=O)c1ccc(OCCCC(=O)N[C@@H](C)[C@@H]2C[C@H]3CC[C@H]2C3)cc1. The van der Waals surface area contributed by atoms with Crippen LogP contribution in [0.2, 0.25) is 0 Å². The maximum absolute atomic E-state index is 12.1. The molecule has 0 aliphatic heterocycles. The molecule has 1 aromatic carbocycles. The summed E-state index contributed by atoms with van der Waals surface area (Å²) in [6.45, 7) is 4.22. The first-order valence-corrected chi connectivity index (χ1v) is 9.56. The second-order valence-electron chi connectivity index (χ2n) is 7.73. The van der Waals surface area contributed by atoms with E-state index in [0.717, 1.165) is 17.6 Å². The zero-order valence-electron chi connectivity index (χ0n) is 15.3. The Balaban J connectivity index is 1.33. The number of amides is 1. The Morgan fingerprint density at radius 3 is 2.56 bits per heavy atom. The van der Waals surface area contributed by atoms with Crippen molar-refractivity contribution in [3.63, 3.8) is 0 Å². The lowest BCUT2D eigenvalue weighted by Crippen LogP contribution is -2.40. The van der Waals surface area contributed by atoms with Gasteiger partial charge in [0.05, 0.1) is 6.61 Å². The van der Waals surface area contributed by atoms with Crippen molar-refractivity contribution in [2.24, 2.45) is 17.8 Å². The van der Waals surface area contributed by atoms with E-state index in [9.17, 15) is 9.59 Å². The van der Waals surface area contributed by atoms with Crippen LogP contribution in [0.3, 0.4) is 0 Å². The Kier molecular flexibility index (Phi) is 5.77. The van der Waals surface area contributed by atoms with Gasteiger partial charge in [0.1, 0.15) is 5.75 Å². The molecular weight excluding hydrogens is 314 g/mol. The molecule has 0 radical (unpaired) electrons. The quantitative estimate of drug-likeness (QED) is 0.573. The van der Waals surface area contributed by atoms with Gasteiger partial charge < -0.3 is 10.1 Å². The van der Waals surface area contributed by atoms with Crippen molar-refractivity contribution >= 4 is 11.7 Å². The second-order valence-corrected chi connectivity index (χ2v) is 7.73. The van der Waals surface area contributed by atoms with E-state index < -0.39 is 0 Å². The minimum Gasteiger partial charge on any atom is -0.494 e. The molecule has 4 atom stereocenters. The molecule has 0 unspecified atom stereocenters. The van der Waals surface area contributed by atoms with Crippen molar-refractivity contribution in [1.82, 2.24) is 5.32 Å². The normalized spacial score (nSPS) is 25.6. The first kappa shape index (κ1) is 18.0. The number of fused-ring (bicyclic) bond motifs is 2. The number of Topliss-reactive ketones (excluding diaryl/α,β-unsaturated/α-hetero) is 1. The summed E-state index contributed by atoms with van der Waals surface area (Å²) >= 11 is 0. The first-order valence-electron chi connectivity index (χ1n) is 9.56. The van der Waals surface area contributed by atoms with Gasteiger partial charge in [-0.05, 0) is 81.5 Å². The molecule has 1 amide bonds. The van der Waals surface area contributed by atoms with Crippen LogP contribution < -0.4 is 10.1 Å². The van der Waals surface area contributed by atoms with Crippen LogP contribution in [0.5, 0.6) is 5.75 Å². The lowest BCUT2D eigenvalue weighted by Gasteiger charge is -2.28. The summed E-state index contributed by atoms with van der Waals surface area (Å²) < 4.78 is 5.64. The van der Waals surface area contributed by atoms with E-state index in [1.165, 1.54) is 25.7 Å². The van der Waals surface area contributed by atoms with Crippen LogP contribution in [0, 0.1) is 17.8 Å². The Morgan fingerprint density at radius 1 is 1.20 bits per heavy atom. The molecule has 2 saturated carbocycles. The molecule has 3 rings (SSSR count). The van der Waals surface area contributed by atoms with Crippen molar-refractivity contribution in [2.45, 2.75) is 58.4 Å². The third kappa shape index (κ3) is 4.62. The van der Waals surface area contributed by atoms with Crippen LogP contribution in [-0.4, -0.2) is 24.3 Å². The van der Waals surface area contributed by atoms with Crippen LogP contribution in [0.4, 0.5) is 0 Å². The fraction of sp³-hybridized carbons (Fsp3) is 0.619. The largest absolute Gasteiger partial charge is 0.494 e. The summed E-state index contributed by atoms with van der Waals surface area (Å²) in [5, 5.41) is 3.19. The third-order valence-electron chi connectivity index (χ3n) is 5.90. The van der Waals surface area contributed by atoms with Crippen LogP contribution in [-0.2, 0) is 4.79 Å². The highest BCUT2D eigenvalue weighted by molar-refractivity contribution is 5.94. The van der Waals surface area contributed by atoms with E-state index in [1.807, 2.05) is 0 Å². The molecule has 2 fully saturated rings. The molecule has 0 aromatic heterocycles. The lowest BCUT2D eigenvalue weighted by molar-refractivity contribution is -0.122. The molecular formula is C21H29NO3.